The Hall–Kier alpha value is -2.71. The van der Waals surface area contributed by atoms with Crippen LogP contribution in [0.1, 0.15) is 38.1 Å². The molecular weight excluding hydrogens is 316 g/mol. The summed E-state index contributed by atoms with van der Waals surface area (Å²) in [6, 6.07) is 1.76. The van der Waals surface area contributed by atoms with E-state index < -0.39 is 27.1 Å². The summed E-state index contributed by atoms with van der Waals surface area (Å²) in [4.78, 5) is 34.8. The highest BCUT2D eigenvalue weighted by Gasteiger charge is 2.28. The van der Waals surface area contributed by atoms with Gasteiger partial charge in [-0.2, -0.15) is 0 Å². The second-order valence-corrected chi connectivity index (χ2v) is 6.44. The molecule has 0 atom stereocenters. The van der Waals surface area contributed by atoms with Gasteiger partial charge >= 0.3 is 0 Å². The fraction of sp³-hybridized carbons (Fsp3) is 0.533. The largest absolute Gasteiger partial charge is 0.392 e. The lowest BCUT2D eigenvalue weighted by Crippen LogP contribution is -2.37. The molecule has 0 unspecified atom stereocenters. The number of nitrogen functional groups attached to an aromatic ring is 1. The number of nitrogens with two attached hydrogens (primary N) is 1. The molecule has 0 spiro atoms. The van der Waals surface area contributed by atoms with Gasteiger partial charge in [-0.15, -0.1) is 0 Å². The van der Waals surface area contributed by atoms with Gasteiger partial charge in [0.1, 0.15) is 5.69 Å². The summed E-state index contributed by atoms with van der Waals surface area (Å²) in [5.41, 5.74) is 4.01. The first-order chi connectivity index (χ1) is 11.0. The van der Waals surface area contributed by atoms with Gasteiger partial charge in [-0.05, 0) is 11.8 Å². The molecule has 0 heterocycles. The number of hydrogen-bond donors (Lipinski definition) is 1. The number of rotatable bonds is 7. The summed E-state index contributed by atoms with van der Waals surface area (Å²) < 4.78 is 0. The number of hydrogen-bond acceptors (Lipinski definition) is 6. The molecule has 0 aliphatic rings. The molecular formula is C15H22N4O5. The molecule has 0 radical (unpaired) electrons. The Morgan fingerprint density at radius 2 is 1.58 bits per heavy atom. The van der Waals surface area contributed by atoms with Crippen LogP contribution in [0.2, 0.25) is 0 Å². The van der Waals surface area contributed by atoms with E-state index in [0.29, 0.717) is 13.1 Å². The second kappa shape index (κ2) is 7.71. The fourth-order valence-corrected chi connectivity index (χ4v) is 2.35. The fourth-order valence-electron chi connectivity index (χ4n) is 2.35. The molecule has 132 valence electrons. The van der Waals surface area contributed by atoms with Crippen LogP contribution in [0.25, 0.3) is 0 Å². The van der Waals surface area contributed by atoms with Gasteiger partial charge in [0, 0.05) is 19.2 Å². The number of non-ortho nitro benzene ring substituents is 1. The van der Waals surface area contributed by atoms with E-state index in [0.717, 1.165) is 12.1 Å². The third kappa shape index (κ3) is 4.64. The average Bonchev–Trinajstić information content (AvgIpc) is 2.44. The van der Waals surface area contributed by atoms with E-state index in [2.05, 4.69) is 0 Å². The molecule has 0 aliphatic carbocycles. The summed E-state index contributed by atoms with van der Waals surface area (Å²) in [5.74, 6) is -0.202. The molecule has 9 nitrogen and oxygen atoms in total. The van der Waals surface area contributed by atoms with Crippen molar-refractivity contribution in [3.05, 3.63) is 37.9 Å². The van der Waals surface area contributed by atoms with E-state index in [-0.39, 0.29) is 23.1 Å². The molecule has 2 N–H and O–H groups in total. The summed E-state index contributed by atoms with van der Waals surface area (Å²) in [5, 5.41) is 22.1. The Morgan fingerprint density at radius 1 is 1.08 bits per heavy atom. The molecule has 0 bridgehead atoms. The Morgan fingerprint density at radius 3 is 1.96 bits per heavy atom. The molecule has 1 rings (SSSR count). The first-order valence-electron chi connectivity index (χ1n) is 7.56. The SMILES string of the molecule is CC(C)CN(CC(C)C)C(=O)c1cc([N+](=O)[O-])cc([N+](=O)[O-])c1N. The summed E-state index contributed by atoms with van der Waals surface area (Å²) in [6.07, 6.45) is 0. The van der Waals surface area contributed by atoms with Gasteiger partial charge < -0.3 is 10.6 Å². The third-order valence-electron chi connectivity index (χ3n) is 3.24. The monoisotopic (exact) mass is 338 g/mol. The Balaban J connectivity index is 3.42. The second-order valence-electron chi connectivity index (χ2n) is 6.44. The maximum absolute atomic E-state index is 12.8. The van der Waals surface area contributed by atoms with Crippen molar-refractivity contribution >= 4 is 23.0 Å². The maximum atomic E-state index is 12.8. The van der Waals surface area contributed by atoms with Crippen molar-refractivity contribution in [1.82, 2.24) is 4.90 Å². The molecule has 0 aliphatic heterocycles. The number of nitro groups is 2. The highest BCUT2D eigenvalue weighted by Crippen LogP contribution is 2.32. The molecule has 0 fully saturated rings. The van der Waals surface area contributed by atoms with E-state index in [9.17, 15) is 25.0 Å². The standard InChI is InChI=1S/C15H22N4O5/c1-9(2)7-17(8-10(3)4)15(20)12-5-11(18(21)22)6-13(14(12)16)19(23)24/h5-6,9-10H,7-8,16H2,1-4H3. The zero-order valence-corrected chi connectivity index (χ0v) is 14.2. The van der Waals surface area contributed by atoms with Gasteiger partial charge in [0.2, 0.25) is 0 Å². The van der Waals surface area contributed by atoms with Crippen LogP contribution in [0.3, 0.4) is 0 Å². The van der Waals surface area contributed by atoms with E-state index in [1.165, 1.54) is 4.90 Å². The van der Waals surface area contributed by atoms with Gasteiger partial charge in [-0.25, -0.2) is 0 Å². The summed E-state index contributed by atoms with van der Waals surface area (Å²) >= 11 is 0. The number of nitro benzene ring substituents is 2. The minimum Gasteiger partial charge on any atom is -0.392 e. The summed E-state index contributed by atoms with van der Waals surface area (Å²) in [6.45, 7) is 8.57. The normalized spacial score (nSPS) is 10.9. The average molecular weight is 338 g/mol. The van der Waals surface area contributed by atoms with Gasteiger partial charge in [-0.1, -0.05) is 27.7 Å². The van der Waals surface area contributed by atoms with Crippen LogP contribution in [0, 0.1) is 32.1 Å². The van der Waals surface area contributed by atoms with Crippen LogP contribution in [0.15, 0.2) is 12.1 Å². The van der Waals surface area contributed by atoms with Crippen molar-refractivity contribution in [2.45, 2.75) is 27.7 Å². The molecule has 0 saturated carbocycles. The molecule has 24 heavy (non-hydrogen) atoms. The van der Waals surface area contributed by atoms with Gasteiger partial charge in [0.25, 0.3) is 17.3 Å². The van der Waals surface area contributed by atoms with Gasteiger partial charge in [0.15, 0.2) is 0 Å². The van der Waals surface area contributed by atoms with Crippen LogP contribution in [0.4, 0.5) is 17.1 Å². The maximum Gasteiger partial charge on any atom is 0.299 e. The molecule has 0 saturated heterocycles. The van der Waals surface area contributed by atoms with E-state index in [1.807, 2.05) is 27.7 Å². The number of benzene rings is 1. The molecule has 1 aromatic carbocycles. The van der Waals surface area contributed by atoms with Crippen molar-refractivity contribution < 1.29 is 14.6 Å². The number of amides is 1. The van der Waals surface area contributed by atoms with Crippen molar-refractivity contribution in [2.75, 3.05) is 18.8 Å². The quantitative estimate of drug-likeness (QED) is 0.461. The third-order valence-corrected chi connectivity index (χ3v) is 3.24. The highest BCUT2D eigenvalue weighted by atomic mass is 16.6. The van der Waals surface area contributed by atoms with Crippen molar-refractivity contribution in [3.8, 4) is 0 Å². The van der Waals surface area contributed by atoms with E-state index >= 15 is 0 Å². The van der Waals surface area contributed by atoms with Gasteiger partial charge in [0.05, 0.1) is 21.5 Å². The predicted molar refractivity (Wildman–Crippen MR) is 89.7 cm³/mol. The Kier molecular flexibility index (Phi) is 6.21. The zero-order valence-electron chi connectivity index (χ0n) is 14.2. The smallest absolute Gasteiger partial charge is 0.299 e. The first-order valence-corrected chi connectivity index (χ1v) is 7.56. The number of anilines is 1. The number of carbonyl (C=O) groups is 1. The topological polar surface area (TPSA) is 133 Å². The highest BCUT2D eigenvalue weighted by molar-refractivity contribution is 6.02. The Labute approximate surface area is 139 Å². The number of carbonyl (C=O) groups excluding carboxylic acids is 1. The molecule has 1 amide bonds. The lowest BCUT2D eigenvalue weighted by molar-refractivity contribution is -0.393. The minimum atomic E-state index is -0.825. The van der Waals surface area contributed by atoms with E-state index in [4.69, 9.17) is 5.73 Å². The summed E-state index contributed by atoms with van der Waals surface area (Å²) in [7, 11) is 0. The van der Waals surface area contributed by atoms with Crippen molar-refractivity contribution in [1.29, 1.82) is 0 Å². The van der Waals surface area contributed by atoms with Crippen LogP contribution in [-0.4, -0.2) is 33.7 Å². The zero-order chi connectivity index (χ0) is 18.6. The lowest BCUT2D eigenvalue weighted by Gasteiger charge is -2.26. The molecule has 9 heteroatoms. The predicted octanol–water partition coefficient (Wildman–Crippen LogP) is 2.84. The first kappa shape index (κ1) is 19.3. The minimum absolute atomic E-state index is 0.169. The number of nitrogens with zero attached hydrogens (tertiary/aromatic N) is 3. The lowest BCUT2D eigenvalue weighted by atomic mass is 10.1. The Bertz CT molecular complexity index is 648. The molecule has 1 aromatic rings. The van der Waals surface area contributed by atoms with E-state index in [1.54, 1.807) is 0 Å². The molecule has 0 aromatic heterocycles. The van der Waals surface area contributed by atoms with Gasteiger partial charge in [-0.3, -0.25) is 25.0 Å². The van der Waals surface area contributed by atoms with Crippen LogP contribution >= 0.6 is 0 Å². The van der Waals surface area contributed by atoms with Crippen LogP contribution in [0.5, 0.6) is 0 Å². The van der Waals surface area contributed by atoms with Crippen LogP contribution < -0.4 is 5.73 Å². The van der Waals surface area contributed by atoms with Crippen molar-refractivity contribution in [2.24, 2.45) is 11.8 Å². The van der Waals surface area contributed by atoms with Crippen LogP contribution in [-0.2, 0) is 0 Å². The van der Waals surface area contributed by atoms with Crippen molar-refractivity contribution in [3.63, 3.8) is 0 Å².